The summed E-state index contributed by atoms with van der Waals surface area (Å²) in [7, 11) is 0. The maximum atomic E-state index is 11.0. The lowest BCUT2D eigenvalue weighted by molar-refractivity contribution is 0.348. The fourth-order valence-corrected chi connectivity index (χ4v) is 5.23. The molecule has 0 heterocycles. The van der Waals surface area contributed by atoms with E-state index in [1.165, 1.54) is 24.0 Å². The van der Waals surface area contributed by atoms with Gasteiger partial charge in [-0.25, -0.2) is 0 Å². The number of phenols is 2. The first-order valence-corrected chi connectivity index (χ1v) is 10.8. The zero-order chi connectivity index (χ0) is 21.5. The topological polar surface area (TPSA) is 40.5 Å². The Kier molecular flexibility index (Phi) is 5.85. The van der Waals surface area contributed by atoms with Crippen molar-refractivity contribution in [2.45, 2.75) is 80.1 Å². The molecule has 29 heavy (non-hydrogen) atoms. The van der Waals surface area contributed by atoms with Gasteiger partial charge in [-0.15, -0.1) is 0 Å². The Bertz CT molecular complexity index is 905. The largest absolute Gasteiger partial charge is 0.507 e. The summed E-state index contributed by atoms with van der Waals surface area (Å²) in [6.45, 7) is 15.0. The molecule has 2 N–H and O–H groups in total. The van der Waals surface area contributed by atoms with Crippen molar-refractivity contribution >= 4 is 0 Å². The van der Waals surface area contributed by atoms with Gasteiger partial charge in [-0.2, -0.15) is 0 Å². The Hall–Kier alpha value is -2.22. The normalized spacial score (nSPS) is 16.6. The zero-order valence-corrected chi connectivity index (χ0v) is 19.1. The van der Waals surface area contributed by atoms with Crippen molar-refractivity contribution in [2.75, 3.05) is 0 Å². The van der Waals surface area contributed by atoms with E-state index in [-0.39, 0.29) is 11.3 Å². The molecule has 2 aromatic carbocycles. The number of hydrogen-bond donors (Lipinski definition) is 2. The van der Waals surface area contributed by atoms with Crippen molar-refractivity contribution in [1.82, 2.24) is 0 Å². The third kappa shape index (κ3) is 4.22. The molecule has 1 aliphatic rings. The molecule has 0 atom stereocenters. The molecule has 0 aromatic heterocycles. The lowest BCUT2D eigenvalue weighted by Crippen LogP contribution is -2.22. The lowest BCUT2D eigenvalue weighted by atomic mass is 9.68. The predicted octanol–water partition coefficient (Wildman–Crippen LogP) is 7.38. The molecular weight excluding hydrogens is 356 g/mol. The molecule has 2 aromatic rings. The Morgan fingerprint density at radius 3 is 1.76 bits per heavy atom. The Balaban J connectivity index is 2.24. The first-order chi connectivity index (χ1) is 13.5. The third-order valence-corrected chi connectivity index (χ3v) is 6.79. The molecule has 0 spiro atoms. The molecule has 2 heteroatoms. The molecule has 0 amide bonds. The summed E-state index contributed by atoms with van der Waals surface area (Å²) in [4.78, 5) is 0. The summed E-state index contributed by atoms with van der Waals surface area (Å²) in [6, 6.07) is 8.23. The van der Waals surface area contributed by atoms with Crippen LogP contribution in [-0.4, -0.2) is 10.2 Å². The van der Waals surface area contributed by atoms with Gasteiger partial charge in [0.25, 0.3) is 0 Å². The van der Waals surface area contributed by atoms with Gasteiger partial charge in [0, 0.05) is 17.0 Å². The van der Waals surface area contributed by atoms with E-state index in [9.17, 15) is 10.2 Å². The van der Waals surface area contributed by atoms with E-state index in [0.717, 1.165) is 46.2 Å². The first-order valence-electron chi connectivity index (χ1n) is 10.8. The van der Waals surface area contributed by atoms with E-state index in [1.54, 1.807) is 0 Å². The van der Waals surface area contributed by atoms with E-state index in [0.29, 0.717) is 11.5 Å². The summed E-state index contributed by atoms with van der Waals surface area (Å²) >= 11 is 0. The zero-order valence-electron chi connectivity index (χ0n) is 19.1. The van der Waals surface area contributed by atoms with Gasteiger partial charge in [-0.3, -0.25) is 0 Å². The fourth-order valence-electron chi connectivity index (χ4n) is 5.23. The molecule has 0 aliphatic heterocycles. The van der Waals surface area contributed by atoms with Gasteiger partial charge >= 0.3 is 0 Å². The van der Waals surface area contributed by atoms with Crippen LogP contribution >= 0.6 is 0 Å². The molecule has 0 saturated heterocycles. The van der Waals surface area contributed by atoms with Crippen LogP contribution in [0.15, 0.2) is 35.4 Å². The number of benzene rings is 2. The highest BCUT2D eigenvalue weighted by molar-refractivity contribution is 5.54. The Morgan fingerprint density at radius 1 is 0.828 bits per heavy atom. The summed E-state index contributed by atoms with van der Waals surface area (Å²) in [5, 5.41) is 22.0. The molecule has 0 fully saturated rings. The quantitative estimate of drug-likeness (QED) is 0.533. The van der Waals surface area contributed by atoms with Crippen molar-refractivity contribution in [1.29, 1.82) is 0 Å². The van der Waals surface area contributed by atoms with Crippen molar-refractivity contribution < 1.29 is 10.2 Å². The maximum absolute atomic E-state index is 11.0. The van der Waals surface area contributed by atoms with Gasteiger partial charge in [0.2, 0.25) is 0 Å². The van der Waals surface area contributed by atoms with E-state index < -0.39 is 0 Å². The van der Waals surface area contributed by atoms with Crippen LogP contribution in [0.3, 0.4) is 0 Å². The van der Waals surface area contributed by atoms with Gasteiger partial charge in [0.05, 0.1) is 0 Å². The van der Waals surface area contributed by atoms with Crippen LogP contribution in [0.1, 0.15) is 85.8 Å². The smallest absolute Gasteiger partial charge is 0.122 e. The summed E-state index contributed by atoms with van der Waals surface area (Å²) in [5.41, 5.74) is 8.99. The molecule has 0 unspecified atom stereocenters. The highest BCUT2D eigenvalue weighted by Gasteiger charge is 2.33. The van der Waals surface area contributed by atoms with Crippen molar-refractivity contribution in [3.63, 3.8) is 0 Å². The van der Waals surface area contributed by atoms with Crippen LogP contribution in [0.4, 0.5) is 0 Å². The number of phenolic OH excluding ortho intramolecular Hbond substituents is 2. The minimum absolute atomic E-state index is 0.0745. The van der Waals surface area contributed by atoms with Gasteiger partial charge < -0.3 is 10.2 Å². The number of allylic oxidation sites excluding steroid dienone is 2. The van der Waals surface area contributed by atoms with Crippen molar-refractivity contribution in [3.05, 3.63) is 68.8 Å². The van der Waals surface area contributed by atoms with Crippen LogP contribution in [0.2, 0.25) is 0 Å². The van der Waals surface area contributed by atoms with Gasteiger partial charge in [-0.05, 0) is 76.8 Å². The number of aromatic hydroxyl groups is 2. The molecule has 0 saturated carbocycles. The minimum Gasteiger partial charge on any atom is -0.507 e. The first kappa shape index (κ1) is 21.5. The fraction of sp³-hybridized carbons (Fsp3) is 0.481. The summed E-state index contributed by atoms with van der Waals surface area (Å²) in [6.07, 6.45) is 4.38. The molecule has 0 radical (unpaired) electrons. The molecule has 3 rings (SSSR count). The molecule has 1 aliphatic carbocycles. The SMILES string of the molecule is CC1=C(CC(c2cc(C)cc(C)c2O)c2cc(C)cc(C)c2O)C(C)(C)CCC1. The van der Waals surface area contributed by atoms with Gasteiger partial charge in [-0.1, -0.05) is 60.4 Å². The molecule has 0 bridgehead atoms. The Morgan fingerprint density at radius 2 is 1.31 bits per heavy atom. The second-order valence-corrected chi connectivity index (χ2v) is 9.79. The van der Waals surface area contributed by atoms with E-state index in [1.807, 2.05) is 26.0 Å². The molecule has 2 nitrogen and oxygen atoms in total. The maximum Gasteiger partial charge on any atom is 0.122 e. The average Bonchev–Trinajstić information content (AvgIpc) is 2.61. The van der Waals surface area contributed by atoms with Crippen LogP contribution in [0, 0.1) is 33.1 Å². The van der Waals surface area contributed by atoms with E-state index >= 15 is 0 Å². The predicted molar refractivity (Wildman–Crippen MR) is 122 cm³/mol. The van der Waals surface area contributed by atoms with Crippen molar-refractivity contribution in [2.24, 2.45) is 5.41 Å². The second kappa shape index (κ2) is 7.89. The number of rotatable bonds is 4. The second-order valence-electron chi connectivity index (χ2n) is 9.79. The summed E-state index contributed by atoms with van der Waals surface area (Å²) in [5.74, 6) is 0.631. The van der Waals surface area contributed by atoms with Crippen molar-refractivity contribution in [3.8, 4) is 11.5 Å². The highest BCUT2D eigenvalue weighted by atomic mass is 16.3. The van der Waals surface area contributed by atoms with Crippen LogP contribution in [-0.2, 0) is 0 Å². The standard InChI is InChI=1S/C27H36O2/c1-16-11-19(4)25(28)22(13-16)21(23-14-17(2)12-20(5)26(23)29)15-24-18(3)9-8-10-27(24,6)7/h11-14,21,28-29H,8-10,15H2,1-7H3. The monoisotopic (exact) mass is 392 g/mol. The number of aryl methyl sites for hydroxylation is 4. The van der Waals surface area contributed by atoms with Crippen LogP contribution in [0.5, 0.6) is 11.5 Å². The van der Waals surface area contributed by atoms with Gasteiger partial charge in [0.1, 0.15) is 11.5 Å². The third-order valence-electron chi connectivity index (χ3n) is 6.79. The molecule has 156 valence electrons. The van der Waals surface area contributed by atoms with E-state index in [4.69, 9.17) is 0 Å². The Labute approximate surface area is 176 Å². The average molecular weight is 393 g/mol. The van der Waals surface area contributed by atoms with Crippen LogP contribution in [0.25, 0.3) is 0 Å². The summed E-state index contributed by atoms with van der Waals surface area (Å²) < 4.78 is 0. The lowest BCUT2D eigenvalue weighted by Gasteiger charge is -2.37. The van der Waals surface area contributed by atoms with Crippen LogP contribution < -0.4 is 0 Å². The minimum atomic E-state index is -0.0745. The highest BCUT2D eigenvalue weighted by Crippen LogP contribution is 2.49. The van der Waals surface area contributed by atoms with Gasteiger partial charge in [0.15, 0.2) is 0 Å². The van der Waals surface area contributed by atoms with E-state index in [2.05, 4.69) is 46.8 Å². The number of hydrogen-bond acceptors (Lipinski definition) is 2. The molecular formula is C27H36O2.